The average Bonchev–Trinajstić information content (AvgIpc) is 3.01. The SMILES string of the molecule is CCCNC(C1=CCCC1)c1ccc(OC)c(OC)c1. The van der Waals surface area contributed by atoms with Crippen molar-refractivity contribution in [2.24, 2.45) is 0 Å². The van der Waals surface area contributed by atoms with E-state index in [1.165, 1.54) is 30.4 Å². The standard InChI is InChI=1S/C17H25NO2/c1-4-11-18-17(13-7-5-6-8-13)14-9-10-15(19-2)16(12-14)20-3/h7,9-10,12,17-18H,4-6,8,11H2,1-3H3. The topological polar surface area (TPSA) is 30.5 Å². The van der Waals surface area contributed by atoms with Gasteiger partial charge in [-0.15, -0.1) is 0 Å². The summed E-state index contributed by atoms with van der Waals surface area (Å²) in [7, 11) is 3.36. The van der Waals surface area contributed by atoms with Crippen LogP contribution in [0.25, 0.3) is 0 Å². The van der Waals surface area contributed by atoms with Crippen LogP contribution >= 0.6 is 0 Å². The van der Waals surface area contributed by atoms with Gasteiger partial charge in [-0.1, -0.05) is 24.6 Å². The predicted octanol–water partition coefficient (Wildman–Crippen LogP) is 3.85. The van der Waals surface area contributed by atoms with Crippen LogP contribution in [0.2, 0.25) is 0 Å². The van der Waals surface area contributed by atoms with E-state index in [2.05, 4.69) is 30.4 Å². The third-order valence-electron chi connectivity index (χ3n) is 3.79. The second-order valence-electron chi connectivity index (χ2n) is 5.17. The maximum Gasteiger partial charge on any atom is 0.161 e. The van der Waals surface area contributed by atoms with Crippen molar-refractivity contribution in [1.29, 1.82) is 0 Å². The Morgan fingerprint density at radius 3 is 2.60 bits per heavy atom. The molecule has 3 heteroatoms. The quantitative estimate of drug-likeness (QED) is 0.767. The van der Waals surface area contributed by atoms with Gasteiger partial charge in [-0.25, -0.2) is 0 Å². The fraction of sp³-hybridized carbons (Fsp3) is 0.529. The molecule has 110 valence electrons. The molecular weight excluding hydrogens is 250 g/mol. The zero-order valence-electron chi connectivity index (χ0n) is 12.7. The molecule has 1 aromatic carbocycles. The van der Waals surface area contributed by atoms with Gasteiger partial charge in [0.1, 0.15) is 0 Å². The fourth-order valence-corrected chi connectivity index (χ4v) is 2.74. The molecule has 2 rings (SSSR count). The molecule has 20 heavy (non-hydrogen) atoms. The van der Waals surface area contributed by atoms with Crippen LogP contribution in [-0.4, -0.2) is 20.8 Å². The van der Waals surface area contributed by atoms with Crippen molar-refractivity contribution < 1.29 is 9.47 Å². The Morgan fingerprint density at radius 2 is 2.00 bits per heavy atom. The Morgan fingerprint density at radius 1 is 1.20 bits per heavy atom. The molecule has 0 spiro atoms. The van der Waals surface area contributed by atoms with Crippen molar-refractivity contribution in [2.75, 3.05) is 20.8 Å². The molecule has 0 heterocycles. The minimum absolute atomic E-state index is 0.303. The van der Waals surface area contributed by atoms with Gasteiger partial charge in [-0.2, -0.15) is 0 Å². The number of hydrogen-bond donors (Lipinski definition) is 1. The van der Waals surface area contributed by atoms with Crippen LogP contribution in [0.5, 0.6) is 11.5 Å². The molecule has 0 saturated carbocycles. The summed E-state index contributed by atoms with van der Waals surface area (Å²) in [6.45, 7) is 3.22. The van der Waals surface area contributed by atoms with E-state index in [1.807, 2.05) is 6.07 Å². The molecule has 0 radical (unpaired) electrons. The molecule has 0 aromatic heterocycles. The van der Waals surface area contributed by atoms with Gasteiger partial charge < -0.3 is 14.8 Å². The highest BCUT2D eigenvalue weighted by atomic mass is 16.5. The molecule has 0 saturated heterocycles. The third kappa shape index (κ3) is 3.34. The Hall–Kier alpha value is -1.48. The van der Waals surface area contributed by atoms with Crippen molar-refractivity contribution in [2.45, 2.75) is 38.6 Å². The highest BCUT2D eigenvalue weighted by Crippen LogP contribution is 2.35. The number of allylic oxidation sites excluding steroid dienone is 1. The largest absolute Gasteiger partial charge is 0.493 e. The van der Waals surface area contributed by atoms with Crippen LogP contribution in [0, 0.1) is 0 Å². The smallest absolute Gasteiger partial charge is 0.161 e. The lowest BCUT2D eigenvalue weighted by atomic mass is 9.97. The Balaban J connectivity index is 2.27. The summed E-state index contributed by atoms with van der Waals surface area (Å²) in [4.78, 5) is 0. The lowest BCUT2D eigenvalue weighted by molar-refractivity contribution is 0.354. The molecule has 1 atom stereocenters. The number of methoxy groups -OCH3 is 2. The molecule has 0 bridgehead atoms. The van der Waals surface area contributed by atoms with E-state index in [1.54, 1.807) is 14.2 Å². The van der Waals surface area contributed by atoms with Crippen LogP contribution in [-0.2, 0) is 0 Å². The Bertz CT molecular complexity index is 468. The third-order valence-corrected chi connectivity index (χ3v) is 3.79. The first kappa shape index (κ1) is 14.9. The van der Waals surface area contributed by atoms with Crippen LogP contribution in [0.4, 0.5) is 0 Å². The van der Waals surface area contributed by atoms with Gasteiger partial charge in [0.15, 0.2) is 11.5 Å². The van der Waals surface area contributed by atoms with Gasteiger partial charge in [0.2, 0.25) is 0 Å². The molecule has 1 unspecified atom stereocenters. The van der Waals surface area contributed by atoms with Crippen LogP contribution in [0.1, 0.15) is 44.2 Å². The van der Waals surface area contributed by atoms with Gasteiger partial charge in [0.25, 0.3) is 0 Å². The van der Waals surface area contributed by atoms with E-state index >= 15 is 0 Å². The summed E-state index contributed by atoms with van der Waals surface area (Å²) < 4.78 is 10.7. The number of hydrogen-bond acceptors (Lipinski definition) is 3. The lowest BCUT2D eigenvalue weighted by Crippen LogP contribution is -2.23. The first-order valence-corrected chi connectivity index (χ1v) is 7.44. The number of nitrogens with one attached hydrogen (secondary N) is 1. The molecule has 1 N–H and O–H groups in total. The zero-order valence-corrected chi connectivity index (χ0v) is 12.7. The number of benzene rings is 1. The van der Waals surface area contributed by atoms with Crippen LogP contribution in [0.3, 0.4) is 0 Å². The first-order chi connectivity index (χ1) is 9.80. The highest BCUT2D eigenvalue weighted by Gasteiger charge is 2.19. The van der Waals surface area contributed by atoms with E-state index < -0.39 is 0 Å². The van der Waals surface area contributed by atoms with Gasteiger partial charge >= 0.3 is 0 Å². The molecule has 0 fully saturated rings. The summed E-state index contributed by atoms with van der Waals surface area (Å²) in [5, 5.41) is 3.65. The van der Waals surface area contributed by atoms with Crippen molar-refractivity contribution >= 4 is 0 Å². The summed E-state index contributed by atoms with van der Waals surface area (Å²) in [6.07, 6.45) is 7.18. The summed E-state index contributed by atoms with van der Waals surface area (Å²) in [5.41, 5.74) is 2.76. The monoisotopic (exact) mass is 275 g/mol. The molecule has 1 aromatic rings. The van der Waals surface area contributed by atoms with E-state index in [-0.39, 0.29) is 0 Å². The van der Waals surface area contributed by atoms with Crippen molar-refractivity contribution in [3.63, 3.8) is 0 Å². The molecule has 3 nitrogen and oxygen atoms in total. The second kappa shape index (κ2) is 7.34. The lowest BCUT2D eigenvalue weighted by Gasteiger charge is -2.22. The van der Waals surface area contributed by atoms with Crippen LogP contribution in [0.15, 0.2) is 29.8 Å². The Labute approximate surface area is 122 Å². The second-order valence-corrected chi connectivity index (χ2v) is 5.17. The van der Waals surface area contributed by atoms with E-state index in [0.29, 0.717) is 6.04 Å². The van der Waals surface area contributed by atoms with Crippen molar-refractivity contribution in [3.05, 3.63) is 35.4 Å². The fourth-order valence-electron chi connectivity index (χ4n) is 2.74. The molecule has 1 aliphatic carbocycles. The number of ether oxygens (including phenoxy) is 2. The van der Waals surface area contributed by atoms with E-state index in [0.717, 1.165) is 24.5 Å². The minimum Gasteiger partial charge on any atom is -0.493 e. The molecule has 0 aliphatic heterocycles. The molecule has 0 amide bonds. The van der Waals surface area contributed by atoms with Crippen molar-refractivity contribution in [1.82, 2.24) is 5.32 Å². The summed E-state index contributed by atoms with van der Waals surface area (Å²) in [6, 6.07) is 6.51. The zero-order chi connectivity index (χ0) is 14.4. The van der Waals surface area contributed by atoms with Gasteiger partial charge in [0, 0.05) is 0 Å². The first-order valence-electron chi connectivity index (χ1n) is 7.44. The van der Waals surface area contributed by atoms with Crippen molar-refractivity contribution in [3.8, 4) is 11.5 Å². The van der Waals surface area contributed by atoms with Gasteiger partial charge in [-0.05, 0) is 49.9 Å². The average molecular weight is 275 g/mol. The Kier molecular flexibility index (Phi) is 5.48. The van der Waals surface area contributed by atoms with E-state index in [9.17, 15) is 0 Å². The van der Waals surface area contributed by atoms with Gasteiger partial charge in [0.05, 0.1) is 20.3 Å². The van der Waals surface area contributed by atoms with Gasteiger partial charge in [-0.3, -0.25) is 0 Å². The molecule has 1 aliphatic rings. The summed E-state index contributed by atoms with van der Waals surface area (Å²) >= 11 is 0. The number of rotatable bonds is 7. The summed E-state index contributed by atoms with van der Waals surface area (Å²) in [5.74, 6) is 1.58. The molecular formula is C17H25NO2. The van der Waals surface area contributed by atoms with Crippen LogP contribution < -0.4 is 14.8 Å². The maximum absolute atomic E-state index is 5.42. The highest BCUT2D eigenvalue weighted by molar-refractivity contribution is 5.45. The van der Waals surface area contributed by atoms with E-state index in [4.69, 9.17) is 9.47 Å². The predicted molar refractivity (Wildman–Crippen MR) is 82.5 cm³/mol. The normalized spacial score (nSPS) is 15.8. The minimum atomic E-state index is 0.303. The maximum atomic E-state index is 5.42.